The maximum absolute atomic E-state index is 5.67. The van der Waals surface area contributed by atoms with Gasteiger partial charge in [0.2, 0.25) is 0 Å². The second kappa shape index (κ2) is 6.91. The van der Waals surface area contributed by atoms with Crippen molar-refractivity contribution in [3.8, 4) is 5.75 Å². The average molecular weight is 346 g/mol. The summed E-state index contributed by atoms with van der Waals surface area (Å²) in [5.74, 6) is 1.00. The predicted octanol–water partition coefficient (Wildman–Crippen LogP) is 5.02. The molecule has 1 aromatic heterocycles. The van der Waals surface area contributed by atoms with Crippen molar-refractivity contribution in [2.45, 2.75) is 32.2 Å². The van der Waals surface area contributed by atoms with Gasteiger partial charge < -0.3 is 14.6 Å². The van der Waals surface area contributed by atoms with Gasteiger partial charge in [-0.05, 0) is 59.8 Å². The number of para-hydroxylation sites is 1. The predicted molar refractivity (Wildman–Crippen MR) is 108 cm³/mol. The summed E-state index contributed by atoms with van der Waals surface area (Å²) < 4.78 is 5.67. The van der Waals surface area contributed by atoms with Gasteiger partial charge in [0, 0.05) is 23.6 Å². The molecule has 1 aliphatic heterocycles. The Morgan fingerprint density at radius 2 is 2.12 bits per heavy atom. The van der Waals surface area contributed by atoms with Crippen molar-refractivity contribution in [3.63, 3.8) is 0 Å². The van der Waals surface area contributed by atoms with E-state index in [1.807, 2.05) is 6.20 Å². The molecule has 0 amide bonds. The van der Waals surface area contributed by atoms with E-state index in [0.717, 1.165) is 31.6 Å². The van der Waals surface area contributed by atoms with E-state index in [4.69, 9.17) is 4.74 Å². The van der Waals surface area contributed by atoms with Crippen molar-refractivity contribution in [1.29, 1.82) is 0 Å². The molecular weight excluding hydrogens is 320 g/mol. The second-order valence-corrected chi connectivity index (χ2v) is 6.97. The molecule has 0 radical (unpaired) electrons. The Morgan fingerprint density at radius 3 is 2.88 bits per heavy atom. The Labute approximate surface area is 155 Å². The lowest BCUT2D eigenvalue weighted by atomic mass is 9.87. The number of H-pyrrole nitrogens is 1. The molecule has 3 aromatic rings. The largest absolute Gasteiger partial charge is 0.496 e. The number of aromatic amines is 1. The third kappa shape index (κ3) is 2.78. The summed E-state index contributed by atoms with van der Waals surface area (Å²) in [5.41, 5.74) is 6.66. The molecule has 0 aliphatic carbocycles. The van der Waals surface area contributed by atoms with E-state index < -0.39 is 0 Å². The molecule has 0 saturated heterocycles. The number of hydrogen-bond donors (Lipinski definition) is 1. The van der Waals surface area contributed by atoms with Crippen molar-refractivity contribution in [2.24, 2.45) is 0 Å². The Morgan fingerprint density at radius 1 is 1.27 bits per heavy atom. The fraction of sp³-hybridized carbons (Fsp3) is 0.304. The minimum atomic E-state index is 0.287. The lowest BCUT2D eigenvalue weighted by Crippen LogP contribution is -2.32. The summed E-state index contributed by atoms with van der Waals surface area (Å²) in [5, 5.41) is 1.31. The van der Waals surface area contributed by atoms with Gasteiger partial charge >= 0.3 is 0 Å². The quantitative estimate of drug-likeness (QED) is 0.702. The first-order chi connectivity index (χ1) is 12.7. The average Bonchev–Trinajstić information content (AvgIpc) is 3.10. The first-order valence-electron chi connectivity index (χ1n) is 9.38. The number of ether oxygens (including phenoxy) is 1. The van der Waals surface area contributed by atoms with Crippen LogP contribution in [0.5, 0.6) is 5.75 Å². The van der Waals surface area contributed by atoms with Crippen LogP contribution in [-0.2, 0) is 19.3 Å². The molecule has 134 valence electrons. The summed E-state index contributed by atoms with van der Waals surface area (Å²) in [6.07, 6.45) is 7.15. The number of aryl methyl sites for hydroxylation is 1. The fourth-order valence-corrected chi connectivity index (χ4v) is 4.22. The van der Waals surface area contributed by atoms with Gasteiger partial charge in [0.1, 0.15) is 5.75 Å². The van der Waals surface area contributed by atoms with Crippen LogP contribution in [0.2, 0.25) is 0 Å². The number of hydrogen-bond acceptors (Lipinski definition) is 2. The highest BCUT2D eigenvalue weighted by Crippen LogP contribution is 2.37. The lowest BCUT2D eigenvalue weighted by molar-refractivity contribution is 0.262. The molecule has 1 unspecified atom stereocenters. The van der Waals surface area contributed by atoms with Gasteiger partial charge in [0.05, 0.1) is 13.2 Å². The molecule has 2 aromatic carbocycles. The van der Waals surface area contributed by atoms with E-state index in [0.29, 0.717) is 0 Å². The van der Waals surface area contributed by atoms with E-state index in [1.54, 1.807) is 7.11 Å². The molecule has 4 rings (SSSR count). The molecule has 1 N–H and O–H groups in total. The lowest BCUT2D eigenvalue weighted by Gasteiger charge is -2.37. The van der Waals surface area contributed by atoms with E-state index in [-0.39, 0.29) is 6.04 Å². The smallest absolute Gasteiger partial charge is 0.122 e. The first-order valence-corrected chi connectivity index (χ1v) is 9.38. The van der Waals surface area contributed by atoms with Crippen LogP contribution in [0.4, 0.5) is 0 Å². The molecule has 1 atom stereocenters. The van der Waals surface area contributed by atoms with Crippen LogP contribution >= 0.6 is 0 Å². The summed E-state index contributed by atoms with van der Waals surface area (Å²) >= 11 is 0. The number of aromatic nitrogens is 1. The van der Waals surface area contributed by atoms with E-state index in [1.165, 1.54) is 33.2 Å². The number of nitrogens with zero attached hydrogens (tertiary/aromatic N) is 1. The molecule has 0 saturated carbocycles. The minimum absolute atomic E-state index is 0.287. The van der Waals surface area contributed by atoms with E-state index in [2.05, 4.69) is 66.0 Å². The van der Waals surface area contributed by atoms with Gasteiger partial charge in [-0.3, -0.25) is 0 Å². The Hall–Kier alpha value is -2.68. The van der Waals surface area contributed by atoms with Gasteiger partial charge in [-0.25, -0.2) is 0 Å². The zero-order valence-electron chi connectivity index (χ0n) is 15.6. The molecule has 3 heteroatoms. The topological polar surface area (TPSA) is 28.3 Å². The minimum Gasteiger partial charge on any atom is -0.496 e. The van der Waals surface area contributed by atoms with Crippen LogP contribution < -0.4 is 4.74 Å². The highest BCUT2D eigenvalue weighted by atomic mass is 16.5. The third-order valence-corrected chi connectivity index (χ3v) is 5.64. The highest BCUT2D eigenvalue weighted by molar-refractivity contribution is 5.83. The summed E-state index contributed by atoms with van der Waals surface area (Å²) in [7, 11) is 1.77. The second-order valence-electron chi connectivity index (χ2n) is 6.97. The van der Waals surface area contributed by atoms with Crippen LogP contribution in [-0.4, -0.2) is 23.5 Å². The van der Waals surface area contributed by atoms with Crippen LogP contribution in [0.1, 0.15) is 35.2 Å². The molecule has 3 nitrogen and oxygen atoms in total. The number of nitrogens with one attached hydrogen (secondary N) is 1. The first kappa shape index (κ1) is 16.8. The van der Waals surface area contributed by atoms with Crippen LogP contribution in [0.15, 0.2) is 55.4 Å². The Balaban J connectivity index is 1.78. The van der Waals surface area contributed by atoms with Gasteiger partial charge in [-0.15, -0.1) is 0 Å². The monoisotopic (exact) mass is 346 g/mol. The van der Waals surface area contributed by atoms with Crippen molar-refractivity contribution in [1.82, 2.24) is 9.88 Å². The van der Waals surface area contributed by atoms with Crippen molar-refractivity contribution < 1.29 is 4.74 Å². The van der Waals surface area contributed by atoms with E-state index >= 15 is 0 Å². The van der Waals surface area contributed by atoms with E-state index in [9.17, 15) is 0 Å². The van der Waals surface area contributed by atoms with Crippen molar-refractivity contribution >= 4 is 10.9 Å². The van der Waals surface area contributed by atoms with Gasteiger partial charge in [-0.2, -0.15) is 0 Å². The van der Waals surface area contributed by atoms with Crippen molar-refractivity contribution in [2.75, 3.05) is 13.7 Å². The van der Waals surface area contributed by atoms with Crippen LogP contribution in [0, 0.1) is 0 Å². The molecule has 26 heavy (non-hydrogen) atoms. The number of fused-ring (bicyclic) bond motifs is 2. The molecule has 0 spiro atoms. The van der Waals surface area contributed by atoms with Crippen LogP contribution in [0.3, 0.4) is 0 Å². The van der Waals surface area contributed by atoms with Gasteiger partial charge in [0.15, 0.2) is 0 Å². The number of benzene rings is 2. The van der Waals surface area contributed by atoms with Gasteiger partial charge in [0.25, 0.3) is 0 Å². The zero-order valence-corrected chi connectivity index (χ0v) is 15.6. The Bertz CT molecular complexity index is 941. The fourth-order valence-electron chi connectivity index (χ4n) is 4.22. The van der Waals surface area contributed by atoms with Gasteiger partial charge in [-0.1, -0.05) is 37.8 Å². The Kier molecular flexibility index (Phi) is 4.46. The molecule has 1 aliphatic rings. The maximum atomic E-state index is 5.67. The molecule has 0 fully saturated rings. The standard InChI is InChI=1S/C23H26N2O/c1-4-16-12-17-10-11-25(5-2)22(20(17)14-23(16)26-3)13-18-15-24-21-9-7-6-8-19(18)21/h5-9,12,14-15,22,24H,2,4,10-11,13H2,1,3H3. The maximum Gasteiger partial charge on any atom is 0.122 e. The SMILES string of the molecule is C=CN1CCc2cc(CC)c(OC)cc2C1Cc1c[nH]c2ccccc12. The highest BCUT2D eigenvalue weighted by Gasteiger charge is 2.27. The summed E-state index contributed by atoms with van der Waals surface area (Å²) in [6.45, 7) is 7.26. The van der Waals surface area contributed by atoms with Crippen molar-refractivity contribution in [3.05, 3.63) is 77.6 Å². The molecular formula is C23H26N2O. The zero-order chi connectivity index (χ0) is 18.1. The van der Waals surface area contributed by atoms with Crippen LogP contribution in [0.25, 0.3) is 10.9 Å². The number of methoxy groups -OCH3 is 1. The summed E-state index contributed by atoms with van der Waals surface area (Å²) in [4.78, 5) is 5.78. The summed E-state index contributed by atoms with van der Waals surface area (Å²) in [6, 6.07) is 13.4. The third-order valence-electron chi connectivity index (χ3n) is 5.64. The number of rotatable bonds is 5. The molecule has 2 heterocycles. The molecule has 0 bridgehead atoms. The normalized spacial score (nSPS) is 16.5.